The molecule has 6 heteroatoms. The monoisotopic (exact) mass is 382 g/mol. The average molecular weight is 383 g/mol. The van der Waals surface area contributed by atoms with Gasteiger partial charge in [0.1, 0.15) is 0 Å². The van der Waals surface area contributed by atoms with Crippen molar-refractivity contribution in [3.63, 3.8) is 0 Å². The van der Waals surface area contributed by atoms with Crippen molar-refractivity contribution >= 4 is 11.9 Å². The predicted molar refractivity (Wildman–Crippen MR) is 112 cm³/mol. The van der Waals surface area contributed by atoms with Crippen LogP contribution >= 0.6 is 0 Å². The molecule has 0 aromatic heterocycles. The highest BCUT2D eigenvalue weighted by Crippen LogP contribution is 2.08. The molecule has 3 N–H and O–H groups in total. The van der Waals surface area contributed by atoms with Crippen molar-refractivity contribution in [2.45, 2.75) is 33.5 Å². The molecule has 0 aliphatic heterocycles. The number of amides is 3. The van der Waals surface area contributed by atoms with Gasteiger partial charge in [-0.3, -0.25) is 9.69 Å². The Morgan fingerprint density at radius 1 is 0.786 bits per heavy atom. The maximum atomic E-state index is 12.0. The summed E-state index contributed by atoms with van der Waals surface area (Å²) in [4.78, 5) is 25.9. The second kappa shape index (κ2) is 11.1. The Labute approximate surface area is 167 Å². The first-order valence-electron chi connectivity index (χ1n) is 9.68. The van der Waals surface area contributed by atoms with Crippen molar-refractivity contribution in [3.05, 3.63) is 70.8 Å². The van der Waals surface area contributed by atoms with Gasteiger partial charge >= 0.3 is 6.03 Å². The molecule has 0 aliphatic rings. The van der Waals surface area contributed by atoms with Crippen LogP contribution < -0.4 is 16.0 Å². The summed E-state index contributed by atoms with van der Waals surface area (Å²) in [5, 5.41) is 8.27. The van der Waals surface area contributed by atoms with E-state index in [4.69, 9.17) is 0 Å². The highest BCUT2D eigenvalue weighted by atomic mass is 16.2. The Morgan fingerprint density at radius 2 is 1.25 bits per heavy atom. The normalized spacial score (nSPS) is 10.6. The molecule has 3 amide bonds. The van der Waals surface area contributed by atoms with Gasteiger partial charge in [-0.2, -0.15) is 0 Å². The van der Waals surface area contributed by atoms with Crippen LogP contribution in [-0.2, 0) is 19.6 Å². The summed E-state index contributed by atoms with van der Waals surface area (Å²) in [6.45, 7) is 8.23. The second-order valence-electron chi connectivity index (χ2n) is 6.59. The van der Waals surface area contributed by atoms with Crippen LogP contribution in [-0.4, -0.2) is 37.0 Å². The van der Waals surface area contributed by atoms with Gasteiger partial charge in [0, 0.05) is 32.2 Å². The van der Waals surface area contributed by atoms with Crippen molar-refractivity contribution in [3.8, 4) is 0 Å². The first-order chi connectivity index (χ1) is 13.5. The number of hydrogen-bond acceptors (Lipinski definition) is 3. The standard InChI is InChI=1S/C22H30N4O2/c1-4-26(5-2)16-19-8-6-17(7-9-19)14-24-22(28)25-15-18-10-12-20(13-11-18)21(27)23-3/h6-13H,4-5,14-16H2,1-3H3,(H,23,27)(H2,24,25,28). The lowest BCUT2D eigenvalue weighted by Crippen LogP contribution is -2.34. The molecule has 6 nitrogen and oxygen atoms in total. The van der Waals surface area contributed by atoms with Crippen LogP contribution in [0.1, 0.15) is 40.9 Å². The third kappa shape index (κ3) is 6.70. The Morgan fingerprint density at radius 3 is 1.71 bits per heavy atom. The first kappa shape index (κ1) is 21.4. The highest BCUT2D eigenvalue weighted by molar-refractivity contribution is 5.93. The van der Waals surface area contributed by atoms with Crippen LogP contribution in [0.15, 0.2) is 48.5 Å². The van der Waals surface area contributed by atoms with Gasteiger partial charge in [-0.1, -0.05) is 50.2 Å². The van der Waals surface area contributed by atoms with Crippen molar-refractivity contribution in [1.82, 2.24) is 20.9 Å². The van der Waals surface area contributed by atoms with E-state index in [9.17, 15) is 9.59 Å². The van der Waals surface area contributed by atoms with Crippen LogP contribution in [0, 0.1) is 0 Å². The maximum Gasteiger partial charge on any atom is 0.315 e. The third-order valence-electron chi connectivity index (χ3n) is 4.67. The van der Waals surface area contributed by atoms with Gasteiger partial charge in [0.15, 0.2) is 0 Å². The van der Waals surface area contributed by atoms with Gasteiger partial charge in [0.25, 0.3) is 5.91 Å². The van der Waals surface area contributed by atoms with Gasteiger partial charge in [-0.25, -0.2) is 4.79 Å². The van der Waals surface area contributed by atoms with Crippen molar-refractivity contribution < 1.29 is 9.59 Å². The smallest absolute Gasteiger partial charge is 0.315 e. The van der Waals surface area contributed by atoms with Crippen LogP contribution in [0.5, 0.6) is 0 Å². The Kier molecular flexibility index (Phi) is 8.49. The topological polar surface area (TPSA) is 73.5 Å². The summed E-state index contributed by atoms with van der Waals surface area (Å²) < 4.78 is 0. The first-order valence-corrected chi connectivity index (χ1v) is 9.68. The molecule has 0 radical (unpaired) electrons. The van der Waals surface area contributed by atoms with Gasteiger partial charge in [-0.05, 0) is 41.9 Å². The molecule has 0 spiro atoms. The van der Waals surface area contributed by atoms with Gasteiger partial charge in [-0.15, -0.1) is 0 Å². The van der Waals surface area contributed by atoms with E-state index in [0.717, 1.165) is 30.8 Å². The summed E-state index contributed by atoms with van der Waals surface area (Å²) in [7, 11) is 1.60. The summed E-state index contributed by atoms with van der Waals surface area (Å²) in [5.74, 6) is -0.125. The number of hydrogen-bond donors (Lipinski definition) is 3. The van der Waals surface area contributed by atoms with E-state index in [1.807, 2.05) is 12.1 Å². The average Bonchev–Trinajstić information content (AvgIpc) is 2.75. The number of carbonyl (C=O) groups excluding carboxylic acids is 2. The molecule has 0 atom stereocenters. The minimum Gasteiger partial charge on any atom is -0.355 e. The predicted octanol–water partition coefficient (Wildman–Crippen LogP) is 2.89. The van der Waals surface area contributed by atoms with Crippen LogP contribution in [0.4, 0.5) is 4.79 Å². The van der Waals surface area contributed by atoms with E-state index in [1.54, 1.807) is 19.2 Å². The summed E-state index contributed by atoms with van der Waals surface area (Å²) in [6.07, 6.45) is 0. The zero-order chi connectivity index (χ0) is 20.4. The maximum absolute atomic E-state index is 12.0. The summed E-state index contributed by atoms with van der Waals surface area (Å²) in [6, 6.07) is 15.3. The zero-order valence-electron chi connectivity index (χ0n) is 16.9. The minimum absolute atomic E-state index is 0.125. The molecule has 0 fully saturated rings. The van der Waals surface area contributed by atoms with Crippen molar-refractivity contribution in [2.75, 3.05) is 20.1 Å². The molecular formula is C22H30N4O2. The Balaban J connectivity index is 1.75. The van der Waals surface area contributed by atoms with Crippen molar-refractivity contribution in [1.29, 1.82) is 0 Å². The molecule has 2 aromatic rings. The minimum atomic E-state index is -0.220. The van der Waals surface area contributed by atoms with Gasteiger partial charge < -0.3 is 16.0 Å². The van der Waals surface area contributed by atoms with E-state index in [-0.39, 0.29) is 11.9 Å². The number of rotatable bonds is 9. The number of urea groups is 1. The van der Waals surface area contributed by atoms with Crippen LogP contribution in [0.3, 0.4) is 0 Å². The number of benzene rings is 2. The van der Waals surface area contributed by atoms with Gasteiger partial charge in [0.05, 0.1) is 0 Å². The lowest BCUT2D eigenvalue weighted by molar-refractivity contribution is 0.0963. The molecule has 0 saturated heterocycles. The lowest BCUT2D eigenvalue weighted by Gasteiger charge is -2.18. The Hall–Kier alpha value is -2.86. The summed E-state index contributed by atoms with van der Waals surface area (Å²) >= 11 is 0. The molecule has 2 aromatic carbocycles. The molecule has 2 rings (SSSR count). The SMILES string of the molecule is CCN(CC)Cc1ccc(CNC(=O)NCc2ccc(C(=O)NC)cc2)cc1. The molecular weight excluding hydrogens is 352 g/mol. The second-order valence-corrected chi connectivity index (χ2v) is 6.59. The fraction of sp³-hybridized carbons (Fsp3) is 0.364. The molecule has 0 bridgehead atoms. The number of nitrogens with zero attached hydrogens (tertiary/aromatic N) is 1. The van der Waals surface area contributed by atoms with Crippen LogP contribution in [0.2, 0.25) is 0 Å². The molecule has 0 heterocycles. The van der Waals surface area contributed by atoms with Crippen LogP contribution in [0.25, 0.3) is 0 Å². The van der Waals surface area contributed by atoms with E-state index in [1.165, 1.54) is 5.56 Å². The molecule has 28 heavy (non-hydrogen) atoms. The van der Waals surface area contributed by atoms with E-state index >= 15 is 0 Å². The van der Waals surface area contributed by atoms with Crippen molar-refractivity contribution in [2.24, 2.45) is 0 Å². The Bertz CT molecular complexity index is 753. The quantitative estimate of drug-likeness (QED) is 0.624. The highest BCUT2D eigenvalue weighted by Gasteiger charge is 2.05. The lowest BCUT2D eigenvalue weighted by atomic mass is 10.1. The number of nitrogens with one attached hydrogen (secondary N) is 3. The summed E-state index contributed by atoms with van der Waals surface area (Å²) in [5.41, 5.74) is 3.87. The number of carbonyl (C=O) groups is 2. The fourth-order valence-corrected chi connectivity index (χ4v) is 2.81. The molecule has 0 unspecified atom stereocenters. The molecule has 0 saturated carbocycles. The zero-order valence-corrected chi connectivity index (χ0v) is 16.9. The van der Waals surface area contributed by atoms with Gasteiger partial charge in [0.2, 0.25) is 0 Å². The third-order valence-corrected chi connectivity index (χ3v) is 4.67. The molecule has 0 aliphatic carbocycles. The van der Waals surface area contributed by atoms with E-state index in [2.05, 4.69) is 59.0 Å². The van der Waals surface area contributed by atoms with E-state index < -0.39 is 0 Å². The van der Waals surface area contributed by atoms with E-state index in [0.29, 0.717) is 18.7 Å². The fourth-order valence-electron chi connectivity index (χ4n) is 2.81. The largest absolute Gasteiger partial charge is 0.355 e. The molecule has 150 valence electrons.